The van der Waals surface area contributed by atoms with Gasteiger partial charge in [0.05, 0.1) is 32.7 Å². The van der Waals surface area contributed by atoms with E-state index in [0.29, 0.717) is 31.8 Å². The van der Waals surface area contributed by atoms with Gasteiger partial charge in [0.2, 0.25) is 0 Å². The van der Waals surface area contributed by atoms with E-state index in [1.54, 1.807) is 0 Å². The summed E-state index contributed by atoms with van der Waals surface area (Å²) in [6, 6.07) is 10.2. The third-order valence-electron chi connectivity index (χ3n) is 5.03. The van der Waals surface area contributed by atoms with Crippen molar-refractivity contribution >= 4 is 17.9 Å². The first kappa shape index (κ1) is 26.3. The molecule has 1 aromatic carbocycles. The van der Waals surface area contributed by atoms with Crippen molar-refractivity contribution in [1.82, 2.24) is 0 Å². The van der Waals surface area contributed by atoms with E-state index in [0.717, 1.165) is 38.8 Å². The highest BCUT2D eigenvalue weighted by molar-refractivity contribution is 5.88. The Morgan fingerprint density at radius 2 is 1.81 bits per heavy atom. The number of piperidine rings is 1. The Morgan fingerprint density at radius 1 is 1.16 bits per heavy atom. The van der Waals surface area contributed by atoms with Crippen molar-refractivity contribution in [3.63, 3.8) is 0 Å². The molecule has 0 radical (unpaired) electrons. The number of carbonyl (C=O) groups is 3. The number of hydrogen-bond acceptors (Lipinski definition) is 6. The van der Waals surface area contributed by atoms with Crippen LogP contribution in [0.25, 0.3) is 0 Å². The average Bonchev–Trinajstić information content (AvgIpc) is 2.75. The maximum Gasteiger partial charge on any atom is 0.328 e. The van der Waals surface area contributed by atoms with Crippen molar-refractivity contribution in [3.8, 4) is 0 Å². The van der Waals surface area contributed by atoms with Crippen molar-refractivity contribution in [2.45, 2.75) is 51.2 Å². The third kappa shape index (κ3) is 11.9. The zero-order valence-corrected chi connectivity index (χ0v) is 18.3. The molecule has 1 aliphatic rings. The fraction of sp³-hybridized carbons (Fsp3) is 0.522. The predicted molar refractivity (Wildman–Crippen MR) is 112 cm³/mol. The van der Waals surface area contributed by atoms with Gasteiger partial charge in [0.15, 0.2) is 0 Å². The van der Waals surface area contributed by atoms with E-state index < -0.39 is 11.9 Å². The molecule has 0 spiro atoms. The lowest BCUT2D eigenvalue weighted by Crippen LogP contribution is -3.10. The van der Waals surface area contributed by atoms with Crippen LogP contribution < -0.4 is 10.0 Å². The van der Waals surface area contributed by atoms with Crippen molar-refractivity contribution in [2.24, 2.45) is 0 Å². The van der Waals surface area contributed by atoms with Gasteiger partial charge in [-0.1, -0.05) is 37.3 Å². The number of aliphatic carboxylic acids is 2. The molecule has 2 rings (SSSR count). The number of esters is 1. The van der Waals surface area contributed by atoms with Crippen LogP contribution in [0.5, 0.6) is 0 Å². The number of hydrogen-bond donors (Lipinski definition) is 2. The van der Waals surface area contributed by atoms with Crippen LogP contribution in [0.3, 0.4) is 0 Å². The van der Waals surface area contributed by atoms with Gasteiger partial charge in [-0.2, -0.15) is 0 Å². The van der Waals surface area contributed by atoms with Gasteiger partial charge in [0, 0.05) is 31.9 Å². The molecule has 172 valence electrons. The Morgan fingerprint density at radius 3 is 2.32 bits per heavy atom. The zero-order valence-electron chi connectivity index (χ0n) is 18.3. The van der Waals surface area contributed by atoms with E-state index in [4.69, 9.17) is 14.6 Å². The highest BCUT2D eigenvalue weighted by Gasteiger charge is 2.38. The number of benzene rings is 1. The number of quaternary nitrogens is 1. The van der Waals surface area contributed by atoms with Crippen LogP contribution >= 0.6 is 0 Å². The van der Waals surface area contributed by atoms with E-state index in [1.165, 1.54) is 10.5 Å². The summed E-state index contributed by atoms with van der Waals surface area (Å²) in [7, 11) is 2.20. The van der Waals surface area contributed by atoms with Gasteiger partial charge >= 0.3 is 11.9 Å². The zero-order chi connectivity index (χ0) is 23.1. The Labute approximate surface area is 183 Å². The molecular weight excluding hydrogens is 402 g/mol. The monoisotopic (exact) mass is 435 g/mol. The normalized spacial score (nSPS) is 20.5. The topological polar surface area (TPSA) is 117 Å². The highest BCUT2D eigenvalue weighted by atomic mass is 16.6. The predicted octanol–water partition coefficient (Wildman–Crippen LogP) is 0.361. The number of rotatable bonds is 10. The summed E-state index contributed by atoms with van der Waals surface area (Å²) in [5, 5.41) is 17.2. The first-order valence-electron chi connectivity index (χ1n) is 10.5. The molecule has 0 aliphatic carbocycles. The number of likely N-dealkylation sites (tertiary alicyclic amines) is 1. The Hall–Kier alpha value is -2.71. The molecule has 2 N–H and O–H groups in total. The third-order valence-corrected chi connectivity index (χ3v) is 5.03. The number of carbonyl (C=O) groups excluding carboxylic acids is 2. The Bertz CT molecular complexity index is 694. The van der Waals surface area contributed by atoms with Gasteiger partial charge in [-0.15, -0.1) is 0 Å². The van der Waals surface area contributed by atoms with Crippen molar-refractivity contribution in [3.05, 3.63) is 48.0 Å². The first-order chi connectivity index (χ1) is 14.8. The van der Waals surface area contributed by atoms with Crippen molar-refractivity contribution in [2.75, 3.05) is 26.7 Å². The molecule has 1 heterocycles. The molecule has 8 nitrogen and oxygen atoms in total. The van der Waals surface area contributed by atoms with Crippen LogP contribution in [-0.2, 0) is 30.5 Å². The van der Waals surface area contributed by atoms with Crippen LogP contribution in [0.4, 0.5) is 0 Å². The average molecular weight is 436 g/mol. The van der Waals surface area contributed by atoms with E-state index in [-0.39, 0.29) is 11.6 Å². The second kappa shape index (κ2) is 14.3. The molecule has 8 heteroatoms. The maximum absolute atomic E-state index is 11.8. The van der Waals surface area contributed by atoms with E-state index in [2.05, 4.69) is 19.2 Å². The molecule has 1 aliphatic heterocycles. The quantitative estimate of drug-likeness (QED) is 0.310. The molecule has 0 saturated carbocycles. The molecular formula is C23H33NO7. The fourth-order valence-corrected chi connectivity index (χ4v) is 3.25. The summed E-state index contributed by atoms with van der Waals surface area (Å²) in [6.45, 7) is 5.36. The van der Waals surface area contributed by atoms with Gasteiger partial charge in [0.1, 0.15) is 5.60 Å². The SMILES string of the molecule is CCC(=O)OC1(CCCOCc2ccccc2)CC[NH+](C)CC1.O=C([O-])/C=C/C(=O)O. The Balaban J connectivity index is 0.000000512. The standard InChI is InChI=1S/C19H29NO3.C4H4O4/c1-3-18(21)23-19(11-13-20(2)14-12-19)10-7-15-22-16-17-8-5-4-6-9-17;5-3(6)1-2-4(7)8/h4-6,8-9H,3,7,10-16H2,1-2H3;1-2H,(H,5,6)(H,7,8)/b;2-1+. The van der Waals surface area contributed by atoms with E-state index >= 15 is 0 Å². The second-order valence-corrected chi connectivity index (χ2v) is 7.60. The molecule has 1 saturated heterocycles. The molecule has 0 aromatic heterocycles. The maximum atomic E-state index is 11.8. The van der Waals surface area contributed by atoms with Crippen molar-refractivity contribution < 1.29 is 39.0 Å². The molecule has 0 amide bonds. The Kier molecular flexibility index (Phi) is 12.2. The van der Waals surface area contributed by atoms with Crippen LogP contribution in [0.2, 0.25) is 0 Å². The molecule has 1 aromatic rings. The summed E-state index contributed by atoms with van der Waals surface area (Å²) in [5.41, 5.74) is 0.936. The van der Waals surface area contributed by atoms with Gasteiger partial charge in [0.25, 0.3) is 0 Å². The lowest BCUT2D eigenvalue weighted by molar-refractivity contribution is -0.887. The van der Waals surface area contributed by atoms with Gasteiger partial charge < -0.3 is 29.4 Å². The van der Waals surface area contributed by atoms with Crippen LogP contribution in [0.15, 0.2) is 42.5 Å². The molecule has 31 heavy (non-hydrogen) atoms. The first-order valence-corrected chi connectivity index (χ1v) is 10.5. The lowest BCUT2D eigenvalue weighted by atomic mass is 9.87. The molecule has 0 atom stereocenters. The summed E-state index contributed by atoms with van der Waals surface area (Å²) >= 11 is 0. The highest BCUT2D eigenvalue weighted by Crippen LogP contribution is 2.28. The fourth-order valence-electron chi connectivity index (χ4n) is 3.25. The minimum atomic E-state index is -1.51. The lowest BCUT2D eigenvalue weighted by Gasteiger charge is -2.38. The second-order valence-electron chi connectivity index (χ2n) is 7.60. The largest absolute Gasteiger partial charge is 0.545 e. The summed E-state index contributed by atoms with van der Waals surface area (Å²) in [6.07, 6.45) is 5.16. The molecule has 0 bridgehead atoms. The summed E-state index contributed by atoms with van der Waals surface area (Å²) in [5.74, 6) is -2.88. The number of nitrogens with one attached hydrogen (secondary N) is 1. The van der Waals surface area contributed by atoms with Crippen LogP contribution in [0, 0.1) is 0 Å². The van der Waals surface area contributed by atoms with E-state index in [1.807, 2.05) is 25.1 Å². The van der Waals surface area contributed by atoms with Crippen molar-refractivity contribution in [1.29, 1.82) is 0 Å². The van der Waals surface area contributed by atoms with Gasteiger partial charge in [-0.05, 0) is 24.5 Å². The van der Waals surface area contributed by atoms with Gasteiger partial charge in [-0.25, -0.2) is 4.79 Å². The van der Waals surface area contributed by atoms with E-state index in [9.17, 15) is 19.5 Å². The number of carboxylic acids is 2. The minimum absolute atomic E-state index is 0.0743. The smallest absolute Gasteiger partial charge is 0.328 e. The number of ether oxygens (including phenoxy) is 2. The molecule has 1 fully saturated rings. The number of carboxylic acid groups (broad SMARTS) is 2. The minimum Gasteiger partial charge on any atom is -0.545 e. The van der Waals surface area contributed by atoms with Crippen LogP contribution in [0.1, 0.15) is 44.6 Å². The summed E-state index contributed by atoms with van der Waals surface area (Å²) < 4.78 is 11.6. The van der Waals surface area contributed by atoms with Crippen LogP contribution in [-0.4, -0.2) is 55.4 Å². The van der Waals surface area contributed by atoms with Gasteiger partial charge in [-0.3, -0.25) is 4.79 Å². The molecule has 0 unspecified atom stereocenters. The summed E-state index contributed by atoms with van der Waals surface area (Å²) in [4.78, 5) is 32.3.